The lowest BCUT2D eigenvalue weighted by atomic mass is 10.3. The van der Waals surface area contributed by atoms with Crippen LogP contribution in [-0.2, 0) is 19.9 Å². The highest BCUT2D eigenvalue weighted by Gasteiger charge is 2.33. The minimum absolute atomic E-state index is 0.491. The number of nitrogens with zero attached hydrogens (tertiary/aromatic N) is 1. The van der Waals surface area contributed by atoms with Crippen LogP contribution in [0.4, 0.5) is 10.1 Å². The Morgan fingerprint density at radius 2 is 2.05 bits per heavy atom. The minimum Gasteiger partial charge on any atom is -0.258 e. The standard InChI is InChI=1S/C10H9FN2O6S2/c11-8-2-1-3-9(10(8)13(14)15)21(18,19)12-7-4-5-20(16,17)6-7/h1-5,7,12H,6H2. The molecule has 0 amide bonds. The predicted octanol–water partition coefficient (Wildman–Crippen LogP) is 0.323. The van der Waals surface area contributed by atoms with Crippen molar-refractivity contribution in [1.29, 1.82) is 0 Å². The number of hydrogen-bond donors (Lipinski definition) is 1. The number of sulfone groups is 1. The molecule has 0 saturated heterocycles. The molecule has 1 aliphatic heterocycles. The van der Waals surface area contributed by atoms with Crippen molar-refractivity contribution in [3.8, 4) is 0 Å². The SMILES string of the molecule is O=[N+]([O-])c1c(F)cccc1S(=O)(=O)NC1C=CS(=O)(=O)C1. The summed E-state index contributed by atoms with van der Waals surface area (Å²) in [5, 5.41) is 11.6. The highest BCUT2D eigenvalue weighted by molar-refractivity contribution is 7.94. The molecule has 0 spiro atoms. The number of nitro benzene ring substituents is 1. The number of sulfonamides is 1. The molecule has 114 valence electrons. The molecule has 1 aromatic rings. The molecule has 2 rings (SSSR count). The molecule has 8 nitrogen and oxygen atoms in total. The first-order valence-corrected chi connectivity index (χ1v) is 8.68. The molecule has 0 radical (unpaired) electrons. The van der Waals surface area contributed by atoms with E-state index in [1.165, 1.54) is 0 Å². The molecular weight excluding hydrogens is 327 g/mol. The molecule has 0 bridgehead atoms. The Bertz CT molecular complexity index is 831. The van der Waals surface area contributed by atoms with Crippen molar-refractivity contribution in [2.24, 2.45) is 0 Å². The van der Waals surface area contributed by atoms with E-state index in [4.69, 9.17) is 0 Å². The fourth-order valence-electron chi connectivity index (χ4n) is 1.80. The van der Waals surface area contributed by atoms with E-state index in [-0.39, 0.29) is 0 Å². The van der Waals surface area contributed by atoms with Gasteiger partial charge in [0.1, 0.15) is 0 Å². The third-order valence-corrected chi connectivity index (χ3v) is 5.58. The highest BCUT2D eigenvalue weighted by Crippen LogP contribution is 2.27. The first-order valence-electron chi connectivity index (χ1n) is 5.48. The Kier molecular flexibility index (Phi) is 3.82. The van der Waals surface area contributed by atoms with E-state index in [2.05, 4.69) is 0 Å². The Balaban J connectivity index is 2.40. The number of para-hydroxylation sites is 1. The molecule has 1 atom stereocenters. The maximum atomic E-state index is 13.4. The topological polar surface area (TPSA) is 123 Å². The molecular formula is C10H9FN2O6S2. The molecule has 0 fully saturated rings. The van der Waals surface area contributed by atoms with E-state index >= 15 is 0 Å². The van der Waals surface area contributed by atoms with Gasteiger partial charge >= 0.3 is 5.69 Å². The smallest absolute Gasteiger partial charge is 0.258 e. The molecule has 1 heterocycles. The van der Waals surface area contributed by atoms with Crippen LogP contribution >= 0.6 is 0 Å². The van der Waals surface area contributed by atoms with Gasteiger partial charge in [0.25, 0.3) is 0 Å². The van der Waals surface area contributed by atoms with E-state index in [1.54, 1.807) is 0 Å². The molecule has 1 aromatic carbocycles. The Hall–Kier alpha value is -1.85. The summed E-state index contributed by atoms with van der Waals surface area (Å²) in [6.07, 6.45) is 1.11. The van der Waals surface area contributed by atoms with Gasteiger partial charge in [-0.05, 0) is 12.1 Å². The second kappa shape index (κ2) is 5.16. The quantitative estimate of drug-likeness (QED) is 0.624. The van der Waals surface area contributed by atoms with Crippen molar-refractivity contribution < 1.29 is 26.1 Å². The van der Waals surface area contributed by atoms with Crippen molar-refractivity contribution in [1.82, 2.24) is 4.72 Å². The van der Waals surface area contributed by atoms with Crippen LogP contribution in [0, 0.1) is 15.9 Å². The summed E-state index contributed by atoms with van der Waals surface area (Å²) in [5.41, 5.74) is -1.19. The lowest BCUT2D eigenvalue weighted by Gasteiger charge is -2.11. The Morgan fingerprint density at radius 3 is 2.57 bits per heavy atom. The first kappa shape index (κ1) is 15.5. The minimum atomic E-state index is -4.44. The summed E-state index contributed by atoms with van der Waals surface area (Å²) in [6.45, 7) is 0. The largest absolute Gasteiger partial charge is 0.324 e. The fraction of sp³-hybridized carbons (Fsp3) is 0.200. The number of nitrogens with one attached hydrogen (secondary N) is 1. The van der Waals surface area contributed by atoms with Gasteiger partial charge in [-0.1, -0.05) is 12.1 Å². The van der Waals surface area contributed by atoms with E-state index in [0.29, 0.717) is 0 Å². The molecule has 1 unspecified atom stereocenters. The molecule has 11 heteroatoms. The van der Waals surface area contributed by atoms with Crippen LogP contribution in [0.25, 0.3) is 0 Å². The first-order chi connectivity index (χ1) is 9.62. The molecule has 0 aromatic heterocycles. The number of nitro groups is 1. The van der Waals surface area contributed by atoms with Crippen molar-refractivity contribution in [3.05, 3.63) is 45.6 Å². The molecule has 1 aliphatic rings. The third-order valence-electron chi connectivity index (χ3n) is 2.66. The summed E-state index contributed by atoms with van der Waals surface area (Å²) >= 11 is 0. The third kappa shape index (κ3) is 3.25. The second-order valence-corrected chi connectivity index (χ2v) is 7.84. The second-order valence-electron chi connectivity index (χ2n) is 4.23. The molecule has 0 saturated carbocycles. The van der Waals surface area contributed by atoms with Crippen LogP contribution in [0.5, 0.6) is 0 Å². The maximum Gasteiger partial charge on any atom is 0.324 e. The van der Waals surface area contributed by atoms with Crippen molar-refractivity contribution >= 4 is 25.5 Å². The molecule has 21 heavy (non-hydrogen) atoms. The zero-order valence-electron chi connectivity index (χ0n) is 10.3. The highest BCUT2D eigenvalue weighted by atomic mass is 32.2. The summed E-state index contributed by atoms with van der Waals surface area (Å²) in [7, 11) is -7.94. The van der Waals surface area contributed by atoms with E-state index in [9.17, 15) is 31.3 Å². The predicted molar refractivity (Wildman–Crippen MR) is 70.1 cm³/mol. The fourth-order valence-corrected chi connectivity index (χ4v) is 4.51. The Morgan fingerprint density at radius 1 is 1.38 bits per heavy atom. The van der Waals surface area contributed by atoms with Gasteiger partial charge in [-0.15, -0.1) is 0 Å². The number of halogens is 1. The van der Waals surface area contributed by atoms with Crippen LogP contribution in [0.1, 0.15) is 0 Å². The van der Waals surface area contributed by atoms with Gasteiger partial charge in [0, 0.05) is 5.41 Å². The van der Waals surface area contributed by atoms with Crippen molar-refractivity contribution in [3.63, 3.8) is 0 Å². The number of rotatable bonds is 4. The van der Waals surface area contributed by atoms with Gasteiger partial charge in [0.2, 0.25) is 15.8 Å². The average Bonchev–Trinajstić information content (AvgIpc) is 2.67. The number of benzene rings is 1. The van der Waals surface area contributed by atoms with Crippen LogP contribution < -0.4 is 4.72 Å². The molecule has 1 N–H and O–H groups in total. The average molecular weight is 336 g/mol. The van der Waals surface area contributed by atoms with Gasteiger partial charge in [0.05, 0.1) is 16.7 Å². The van der Waals surface area contributed by atoms with Crippen LogP contribution in [-0.4, -0.2) is 33.6 Å². The summed E-state index contributed by atoms with van der Waals surface area (Å²) in [6, 6.07) is 1.59. The number of hydrogen-bond acceptors (Lipinski definition) is 6. The van der Waals surface area contributed by atoms with E-state index in [0.717, 1.165) is 29.7 Å². The van der Waals surface area contributed by atoms with Crippen LogP contribution in [0.3, 0.4) is 0 Å². The van der Waals surface area contributed by atoms with Gasteiger partial charge < -0.3 is 0 Å². The molecule has 0 aliphatic carbocycles. The van der Waals surface area contributed by atoms with Gasteiger partial charge in [-0.2, -0.15) is 4.39 Å². The normalized spacial score (nSPS) is 20.5. The summed E-state index contributed by atoms with van der Waals surface area (Å²) < 4.78 is 61.9. The van der Waals surface area contributed by atoms with Crippen molar-refractivity contribution in [2.45, 2.75) is 10.9 Å². The van der Waals surface area contributed by atoms with Gasteiger partial charge in [-0.3, -0.25) is 10.1 Å². The van der Waals surface area contributed by atoms with Crippen LogP contribution in [0.15, 0.2) is 34.6 Å². The Labute approximate surface area is 119 Å². The van der Waals surface area contributed by atoms with Crippen molar-refractivity contribution in [2.75, 3.05) is 5.75 Å². The van der Waals surface area contributed by atoms with E-state index in [1.807, 2.05) is 4.72 Å². The van der Waals surface area contributed by atoms with Crippen LogP contribution in [0.2, 0.25) is 0 Å². The maximum absolute atomic E-state index is 13.4. The van der Waals surface area contributed by atoms with Gasteiger partial charge in [0.15, 0.2) is 14.7 Å². The van der Waals surface area contributed by atoms with E-state index < -0.39 is 53.0 Å². The lowest BCUT2D eigenvalue weighted by Crippen LogP contribution is -2.35. The monoisotopic (exact) mass is 336 g/mol. The lowest BCUT2D eigenvalue weighted by molar-refractivity contribution is -0.390. The summed E-state index contributed by atoms with van der Waals surface area (Å²) in [4.78, 5) is 8.79. The summed E-state index contributed by atoms with van der Waals surface area (Å²) in [5.74, 6) is -1.78. The zero-order valence-corrected chi connectivity index (χ0v) is 11.9. The zero-order chi connectivity index (χ0) is 15.8. The van der Waals surface area contributed by atoms with Gasteiger partial charge in [-0.25, -0.2) is 21.6 Å².